The van der Waals surface area contributed by atoms with Crippen LogP contribution >= 0.6 is 0 Å². The van der Waals surface area contributed by atoms with Crippen molar-refractivity contribution in [3.63, 3.8) is 0 Å². The van der Waals surface area contributed by atoms with Crippen molar-refractivity contribution in [3.8, 4) is 0 Å². The zero-order chi connectivity index (χ0) is 18.5. The van der Waals surface area contributed by atoms with Crippen LogP contribution in [0.15, 0.2) is 54.6 Å². The number of aromatic nitrogens is 1. The molecule has 2 aromatic carbocycles. The Labute approximate surface area is 149 Å². The van der Waals surface area contributed by atoms with Crippen molar-refractivity contribution in [2.24, 2.45) is 0 Å². The molecule has 0 atom stereocenters. The van der Waals surface area contributed by atoms with Gasteiger partial charge in [0.15, 0.2) is 0 Å². The molecule has 0 aliphatic heterocycles. The molecule has 1 heterocycles. The van der Waals surface area contributed by atoms with Crippen molar-refractivity contribution >= 4 is 34.4 Å². The topological polar surface area (TPSA) is 100 Å². The molecule has 0 aliphatic carbocycles. The third-order valence-electron chi connectivity index (χ3n) is 3.80. The summed E-state index contributed by atoms with van der Waals surface area (Å²) in [5, 5.41) is 6.17. The predicted octanol–water partition coefficient (Wildman–Crippen LogP) is 2.32. The summed E-state index contributed by atoms with van der Waals surface area (Å²) in [6, 6.07) is 15.8. The van der Waals surface area contributed by atoms with Crippen LogP contribution in [0.2, 0.25) is 0 Å². The number of H-pyrrole nitrogens is 1. The molecule has 3 aromatic rings. The average Bonchev–Trinajstić information content (AvgIpc) is 3.10. The summed E-state index contributed by atoms with van der Waals surface area (Å²) in [5.74, 6) is -1.20. The van der Waals surface area contributed by atoms with E-state index in [-0.39, 0.29) is 12.5 Å². The standard InChI is InChI=1S/C19H17N3O4/c1-26-17(23)11-20-18(24)12-6-8-14(9-7-12)21-19(25)16-10-13-4-2-3-5-15(13)22-16/h2-10,22H,11H2,1H3,(H,20,24)(H,21,25). The van der Waals surface area contributed by atoms with Crippen LogP contribution in [0.25, 0.3) is 10.9 Å². The van der Waals surface area contributed by atoms with E-state index in [9.17, 15) is 14.4 Å². The highest BCUT2D eigenvalue weighted by Crippen LogP contribution is 2.16. The number of anilines is 1. The second-order valence-electron chi connectivity index (χ2n) is 5.56. The molecular weight excluding hydrogens is 334 g/mol. The molecule has 0 saturated heterocycles. The van der Waals surface area contributed by atoms with E-state index in [1.54, 1.807) is 30.3 Å². The number of para-hydroxylation sites is 1. The van der Waals surface area contributed by atoms with Gasteiger partial charge in [0.05, 0.1) is 7.11 Å². The fourth-order valence-electron chi connectivity index (χ4n) is 2.43. The van der Waals surface area contributed by atoms with Crippen molar-refractivity contribution in [3.05, 3.63) is 65.9 Å². The van der Waals surface area contributed by atoms with Crippen LogP contribution < -0.4 is 10.6 Å². The van der Waals surface area contributed by atoms with E-state index < -0.39 is 11.9 Å². The van der Waals surface area contributed by atoms with Gasteiger partial charge < -0.3 is 20.4 Å². The van der Waals surface area contributed by atoms with Crippen LogP contribution in [-0.4, -0.2) is 36.4 Å². The second kappa shape index (κ2) is 7.52. The largest absolute Gasteiger partial charge is 0.468 e. The summed E-state index contributed by atoms with van der Waals surface area (Å²) in [6.45, 7) is -0.200. The first-order valence-electron chi connectivity index (χ1n) is 7.91. The van der Waals surface area contributed by atoms with E-state index in [4.69, 9.17) is 0 Å². The van der Waals surface area contributed by atoms with Crippen LogP contribution in [0.4, 0.5) is 5.69 Å². The molecule has 3 N–H and O–H groups in total. The molecule has 132 valence electrons. The van der Waals surface area contributed by atoms with Gasteiger partial charge in [0.2, 0.25) is 0 Å². The highest BCUT2D eigenvalue weighted by Gasteiger charge is 2.11. The zero-order valence-corrected chi connectivity index (χ0v) is 14.0. The Morgan fingerprint density at radius 1 is 1.00 bits per heavy atom. The van der Waals surface area contributed by atoms with Crippen LogP contribution in [0, 0.1) is 0 Å². The first-order valence-corrected chi connectivity index (χ1v) is 7.91. The summed E-state index contributed by atoms with van der Waals surface area (Å²) in [7, 11) is 1.25. The minimum Gasteiger partial charge on any atom is -0.468 e. The fourth-order valence-corrected chi connectivity index (χ4v) is 2.43. The van der Waals surface area contributed by atoms with Gasteiger partial charge in [0, 0.05) is 22.2 Å². The SMILES string of the molecule is COC(=O)CNC(=O)c1ccc(NC(=O)c2cc3ccccc3[nH]2)cc1. The number of aromatic amines is 1. The van der Waals surface area contributed by atoms with Gasteiger partial charge in [-0.05, 0) is 36.4 Å². The van der Waals surface area contributed by atoms with Gasteiger partial charge in [0.25, 0.3) is 11.8 Å². The molecular formula is C19H17N3O4. The Morgan fingerprint density at radius 2 is 1.73 bits per heavy atom. The van der Waals surface area contributed by atoms with E-state index >= 15 is 0 Å². The molecule has 0 unspecified atom stereocenters. The third-order valence-corrected chi connectivity index (χ3v) is 3.80. The van der Waals surface area contributed by atoms with Crippen molar-refractivity contribution in [2.45, 2.75) is 0 Å². The van der Waals surface area contributed by atoms with Crippen LogP contribution in [-0.2, 0) is 9.53 Å². The maximum Gasteiger partial charge on any atom is 0.325 e. The number of esters is 1. The van der Waals surface area contributed by atoms with E-state index in [1.165, 1.54) is 7.11 Å². The quantitative estimate of drug-likeness (QED) is 0.614. The number of amides is 2. The van der Waals surface area contributed by atoms with E-state index in [0.717, 1.165) is 10.9 Å². The molecule has 0 radical (unpaired) electrons. The molecule has 0 saturated carbocycles. The lowest BCUT2D eigenvalue weighted by molar-refractivity contribution is -0.139. The Balaban J connectivity index is 1.64. The van der Waals surface area contributed by atoms with Crippen molar-refractivity contribution < 1.29 is 19.1 Å². The lowest BCUT2D eigenvalue weighted by Gasteiger charge is -2.06. The Bertz CT molecular complexity index is 927. The van der Waals surface area contributed by atoms with E-state index in [0.29, 0.717) is 16.9 Å². The number of nitrogens with one attached hydrogen (secondary N) is 3. The number of carbonyl (C=O) groups excluding carboxylic acids is 3. The fraction of sp³-hybridized carbons (Fsp3) is 0.105. The number of methoxy groups -OCH3 is 1. The summed E-state index contributed by atoms with van der Waals surface area (Å²) in [6.07, 6.45) is 0. The molecule has 3 rings (SSSR count). The first kappa shape index (κ1) is 17.2. The number of carbonyl (C=O) groups is 3. The molecule has 26 heavy (non-hydrogen) atoms. The predicted molar refractivity (Wildman–Crippen MR) is 97.0 cm³/mol. The lowest BCUT2D eigenvalue weighted by atomic mass is 10.2. The van der Waals surface area contributed by atoms with Gasteiger partial charge >= 0.3 is 5.97 Å². The van der Waals surface area contributed by atoms with Crippen molar-refractivity contribution in [1.82, 2.24) is 10.3 Å². The average molecular weight is 351 g/mol. The van der Waals surface area contributed by atoms with Crippen LogP contribution in [0.1, 0.15) is 20.8 Å². The number of rotatable bonds is 5. The Morgan fingerprint density at radius 3 is 2.42 bits per heavy atom. The molecule has 0 aliphatic rings. The minimum atomic E-state index is -0.527. The van der Waals surface area contributed by atoms with Crippen molar-refractivity contribution in [1.29, 1.82) is 0 Å². The van der Waals surface area contributed by atoms with Gasteiger partial charge in [-0.15, -0.1) is 0 Å². The summed E-state index contributed by atoms with van der Waals surface area (Å²) in [4.78, 5) is 38.3. The molecule has 1 aromatic heterocycles. The number of fused-ring (bicyclic) bond motifs is 1. The Kier molecular flexibility index (Phi) is 4.98. The molecule has 0 bridgehead atoms. The van der Waals surface area contributed by atoms with Gasteiger partial charge in [-0.1, -0.05) is 18.2 Å². The number of hydrogen-bond acceptors (Lipinski definition) is 4. The summed E-state index contributed by atoms with van der Waals surface area (Å²) >= 11 is 0. The number of benzene rings is 2. The van der Waals surface area contributed by atoms with Crippen LogP contribution in [0.5, 0.6) is 0 Å². The van der Waals surface area contributed by atoms with Crippen molar-refractivity contribution in [2.75, 3.05) is 19.0 Å². The maximum atomic E-state index is 12.3. The molecule has 0 fully saturated rings. The van der Waals surface area contributed by atoms with Gasteiger partial charge in [0.1, 0.15) is 12.2 Å². The lowest BCUT2D eigenvalue weighted by Crippen LogP contribution is -2.30. The van der Waals surface area contributed by atoms with E-state index in [2.05, 4.69) is 20.4 Å². The Hall–Kier alpha value is -3.61. The van der Waals surface area contributed by atoms with Gasteiger partial charge in [-0.25, -0.2) is 0 Å². The second-order valence-corrected chi connectivity index (χ2v) is 5.56. The highest BCUT2D eigenvalue weighted by atomic mass is 16.5. The molecule has 2 amide bonds. The number of ether oxygens (including phenoxy) is 1. The zero-order valence-electron chi connectivity index (χ0n) is 14.0. The van der Waals surface area contributed by atoms with Crippen LogP contribution in [0.3, 0.4) is 0 Å². The monoisotopic (exact) mass is 351 g/mol. The number of hydrogen-bond donors (Lipinski definition) is 3. The summed E-state index contributed by atoms with van der Waals surface area (Å²) in [5.41, 5.74) is 2.26. The highest BCUT2D eigenvalue weighted by molar-refractivity contribution is 6.06. The molecule has 0 spiro atoms. The van der Waals surface area contributed by atoms with Gasteiger partial charge in [-0.2, -0.15) is 0 Å². The maximum absolute atomic E-state index is 12.3. The van der Waals surface area contributed by atoms with Gasteiger partial charge in [-0.3, -0.25) is 14.4 Å². The molecule has 7 heteroatoms. The first-order chi connectivity index (χ1) is 12.6. The normalized spacial score (nSPS) is 10.3. The molecule has 7 nitrogen and oxygen atoms in total. The smallest absolute Gasteiger partial charge is 0.325 e. The third kappa shape index (κ3) is 3.89. The van der Waals surface area contributed by atoms with E-state index in [1.807, 2.05) is 24.3 Å². The minimum absolute atomic E-state index is 0.200. The summed E-state index contributed by atoms with van der Waals surface area (Å²) < 4.78 is 4.46.